The molecule has 0 radical (unpaired) electrons. The lowest BCUT2D eigenvalue weighted by Gasteiger charge is -2.08. The van der Waals surface area contributed by atoms with E-state index >= 15 is 0 Å². The van der Waals surface area contributed by atoms with Gasteiger partial charge in [0.15, 0.2) is 0 Å². The van der Waals surface area contributed by atoms with Crippen LogP contribution in [0.2, 0.25) is 0 Å². The normalized spacial score (nSPS) is 11.0. The van der Waals surface area contributed by atoms with Crippen LogP contribution in [0.25, 0.3) is 11.3 Å². The van der Waals surface area contributed by atoms with Crippen molar-refractivity contribution >= 4 is 5.91 Å². The van der Waals surface area contributed by atoms with E-state index < -0.39 is 0 Å². The van der Waals surface area contributed by atoms with Gasteiger partial charge in [-0.1, -0.05) is 30.3 Å². The summed E-state index contributed by atoms with van der Waals surface area (Å²) in [5.41, 5.74) is 5.22. The third-order valence-corrected chi connectivity index (χ3v) is 5.22. The number of hydrogen-bond acceptors (Lipinski definition) is 4. The molecule has 4 rings (SSSR count). The van der Waals surface area contributed by atoms with Crippen LogP contribution in [0.3, 0.4) is 0 Å². The van der Waals surface area contributed by atoms with Crippen LogP contribution in [0.1, 0.15) is 33.3 Å². The summed E-state index contributed by atoms with van der Waals surface area (Å²) in [6, 6.07) is 12.0. The highest BCUT2D eigenvalue weighted by atomic mass is 16.1. The third-order valence-electron chi connectivity index (χ3n) is 5.22. The monoisotopic (exact) mass is 403 g/mol. The van der Waals surface area contributed by atoms with Crippen molar-refractivity contribution in [1.29, 1.82) is 0 Å². The van der Waals surface area contributed by atoms with Crippen molar-refractivity contribution in [1.82, 2.24) is 34.8 Å². The second-order valence-corrected chi connectivity index (χ2v) is 7.30. The van der Waals surface area contributed by atoms with E-state index in [2.05, 4.69) is 42.3 Å². The molecule has 0 aliphatic carbocycles. The number of carbonyl (C=O) groups is 1. The Morgan fingerprint density at radius 2 is 2.00 bits per heavy atom. The molecular weight excluding hydrogens is 378 g/mol. The molecule has 1 aromatic carbocycles. The predicted octanol–water partition coefficient (Wildman–Crippen LogP) is 2.64. The molecule has 0 saturated carbocycles. The molecule has 1 amide bonds. The van der Waals surface area contributed by atoms with E-state index in [1.807, 2.05) is 50.0 Å². The van der Waals surface area contributed by atoms with Gasteiger partial charge in [-0.25, -0.2) is 4.98 Å². The molecule has 2 N–H and O–H groups in total. The van der Waals surface area contributed by atoms with Crippen molar-refractivity contribution in [3.05, 3.63) is 77.3 Å². The molecule has 4 aromatic rings. The minimum atomic E-state index is -0.186. The number of aromatic amines is 1. The van der Waals surface area contributed by atoms with Gasteiger partial charge in [-0.2, -0.15) is 10.2 Å². The summed E-state index contributed by atoms with van der Waals surface area (Å²) in [6.07, 6.45) is 4.40. The van der Waals surface area contributed by atoms with E-state index in [-0.39, 0.29) is 5.91 Å². The van der Waals surface area contributed by atoms with E-state index in [4.69, 9.17) is 0 Å². The molecule has 8 nitrogen and oxygen atoms in total. The third kappa shape index (κ3) is 4.03. The van der Waals surface area contributed by atoms with Crippen LogP contribution in [0.4, 0.5) is 0 Å². The SMILES string of the molecule is Cc1nn(C)c(C)c1-c1cc(C(=O)NCCc2nccn2Cc2ccccc2)[nH]n1. The predicted molar refractivity (Wildman–Crippen MR) is 114 cm³/mol. The number of aromatic nitrogens is 6. The van der Waals surface area contributed by atoms with E-state index in [0.717, 1.165) is 35.0 Å². The van der Waals surface area contributed by atoms with Crippen LogP contribution in [-0.4, -0.2) is 42.0 Å². The number of amides is 1. The molecule has 0 unspecified atom stereocenters. The zero-order valence-electron chi connectivity index (χ0n) is 17.4. The van der Waals surface area contributed by atoms with Crippen LogP contribution in [0.15, 0.2) is 48.8 Å². The fourth-order valence-electron chi connectivity index (χ4n) is 3.59. The number of rotatable bonds is 7. The zero-order valence-corrected chi connectivity index (χ0v) is 17.4. The number of H-pyrrole nitrogens is 1. The Morgan fingerprint density at radius 1 is 1.20 bits per heavy atom. The summed E-state index contributed by atoms with van der Waals surface area (Å²) in [7, 11) is 1.90. The molecule has 0 fully saturated rings. The van der Waals surface area contributed by atoms with Gasteiger partial charge in [0.1, 0.15) is 11.5 Å². The van der Waals surface area contributed by atoms with E-state index in [1.54, 1.807) is 12.3 Å². The van der Waals surface area contributed by atoms with Crippen molar-refractivity contribution in [3.63, 3.8) is 0 Å². The Hall–Kier alpha value is -3.68. The minimum Gasteiger partial charge on any atom is -0.350 e. The molecule has 0 atom stereocenters. The summed E-state index contributed by atoms with van der Waals surface area (Å²) in [4.78, 5) is 17.0. The van der Waals surface area contributed by atoms with Crippen LogP contribution >= 0.6 is 0 Å². The summed E-state index contributed by atoms with van der Waals surface area (Å²) in [5, 5.41) is 14.5. The summed E-state index contributed by atoms with van der Waals surface area (Å²) < 4.78 is 3.92. The molecule has 0 spiro atoms. The lowest BCUT2D eigenvalue weighted by molar-refractivity contribution is 0.0949. The first-order valence-electron chi connectivity index (χ1n) is 9.91. The first-order chi connectivity index (χ1) is 14.5. The molecule has 0 aliphatic heterocycles. The Kier molecular flexibility index (Phi) is 5.47. The molecule has 8 heteroatoms. The first-order valence-corrected chi connectivity index (χ1v) is 9.91. The Bertz CT molecular complexity index is 1150. The van der Waals surface area contributed by atoms with Gasteiger partial charge in [-0.15, -0.1) is 0 Å². The summed E-state index contributed by atoms with van der Waals surface area (Å²) in [6.45, 7) is 5.18. The lowest BCUT2D eigenvalue weighted by Crippen LogP contribution is -2.26. The van der Waals surface area contributed by atoms with Crippen LogP contribution < -0.4 is 5.32 Å². The van der Waals surface area contributed by atoms with E-state index in [1.165, 1.54) is 5.56 Å². The topological polar surface area (TPSA) is 93.4 Å². The molecule has 0 aliphatic rings. The highest BCUT2D eigenvalue weighted by molar-refractivity contribution is 5.93. The number of aryl methyl sites for hydroxylation is 2. The standard InChI is InChI=1S/C22H25N7O/c1-15-21(16(2)28(3)27-15)18-13-19(26-25-18)22(30)24-10-9-20-23-11-12-29(20)14-17-7-5-4-6-8-17/h4-8,11-13H,9-10,14H2,1-3H3,(H,24,30)(H,25,26). The number of benzene rings is 1. The highest BCUT2D eigenvalue weighted by Crippen LogP contribution is 2.25. The molecule has 0 bridgehead atoms. The summed E-state index contributed by atoms with van der Waals surface area (Å²) >= 11 is 0. The summed E-state index contributed by atoms with van der Waals surface area (Å²) in [5.74, 6) is 0.750. The molecular formula is C22H25N7O. The molecule has 30 heavy (non-hydrogen) atoms. The molecule has 154 valence electrons. The maximum Gasteiger partial charge on any atom is 0.269 e. The minimum absolute atomic E-state index is 0.186. The second kappa shape index (κ2) is 8.36. The molecule has 3 aromatic heterocycles. The highest BCUT2D eigenvalue weighted by Gasteiger charge is 2.17. The second-order valence-electron chi connectivity index (χ2n) is 7.30. The average molecular weight is 403 g/mol. The maximum absolute atomic E-state index is 12.5. The van der Waals surface area contributed by atoms with Crippen molar-refractivity contribution < 1.29 is 4.79 Å². The first kappa shape index (κ1) is 19.6. The van der Waals surface area contributed by atoms with Crippen LogP contribution in [0, 0.1) is 13.8 Å². The van der Waals surface area contributed by atoms with E-state index in [9.17, 15) is 4.79 Å². The fraction of sp³-hybridized carbons (Fsp3) is 0.273. The maximum atomic E-state index is 12.5. The number of carbonyl (C=O) groups excluding carboxylic acids is 1. The number of nitrogens with one attached hydrogen (secondary N) is 2. The molecule has 3 heterocycles. The van der Waals surface area contributed by atoms with Crippen LogP contribution in [-0.2, 0) is 20.0 Å². The van der Waals surface area contributed by atoms with Crippen molar-refractivity contribution in [2.75, 3.05) is 6.54 Å². The van der Waals surface area contributed by atoms with Crippen molar-refractivity contribution in [2.24, 2.45) is 7.05 Å². The number of hydrogen-bond donors (Lipinski definition) is 2. The van der Waals surface area contributed by atoms with Gasteiger partial charge in [0.2, 0.25) is 0 Å². The van der Waals surface area contributed by atoms with Crippen molar-refractivity contribution in [2.45, 2.75) is 26.8 Å². The Labute approximate surface area is 175 Å². The van der Waals surface area contributed by atoms with Gasteiger partial charge in [-0.05, 0) is 25.5 Å². The largest absolute Gasteiger partial charge is 0.350 e. The number of imidazole rings is 1. The van der Waals surface area contributed by atoms with Crippen molar-refractivity contribution in [3.8, 4) is 11.3 Å². The van der Waals surface area contributed by atoms with Gasteiger partial charge in [0, 0.05) is 50.2 Å². The molecule has 0 saturated heterocycles. The Morgan fingerprint density at radius 3 is 2.73 bits per heavy atom. The Balaban J connectivity index is 1.36. The van der Waals surface area contributed by atoms with E-state index in [0.29, 0.717) is 18.7 Å². The smallest absolute Gasteiger partial charge is 0.269 e. The van der Waals surface area contributed by atoms with Crippen LogP contribution in [0.5, 0.6) is 0 Å². The van der Waals surface area contributed by atoms with Gasteiger partial charge >= 0.3 is 0 Å². The lowest BCUT2D eigenvalue weighted by atomic mass is 10.1. The average Bonchev–Trinajstić information content (AvgIpc) is 3.44. The fourth-order valence-corrected chi connectivity index (χ4v) is 3.59. The van der Waals surface area contributed by atoms with Gasteiger partial charge in [0.25, 0.3) is 5.91 Å². The quantitative estimate of drug-likeness (QED) is 0.496. The number of nitrogens with zero attached hydrogens (tertiary/aromatic N) is 5. The van der Waals surface area contributed by atoms with Gasteiger partial charge in [0.05, 0.1) is 11.4 Å². The zero-order chi connectivity index (χ0) is 21.1. The van der Waals surface area contributed by atoms with Gasteiger partial charge in [-0.3, -0.25) is 14.6 Å². The van der Waals surface area contributed by atoms with Gasteiger partial charge < -0.3 is 9.88 Å².